The lowest BCUT2D eigenvalue weighted by molar-refractivity contribution is -0.153. The highest BCUT2D eigenvalue weighted by Crippen LogP contribution is 2.42. The Labute approximate surface area is 263 Å². The van der Waals surface area contributed by atoms with Crippen LogP contribution < -0.4 is 15.2 Å². The lowest BCUT2D eigenvalue weighted by Gasteiger charge is -2.48. The molecule has 1 unspecified atom stereocenters. The molecule has 0 spiro atoms. The molecule has 0 saturated carbocycles. The minimum absolute atomic E-state index is 0. The van der Waals surface area contributed by atoms with Crippen LogP contribution in [0.15, 0.2) is 90.1 Å². The summed E-state index contributed by atoms with van der Waals surface area (Å²) in [6.07, 6.45) is -0.991. The summed E-state index contributed by atoms with van der Waals surface area (Å²) in [4.78, 5) is 64.7. The lowest BCUT2D eigenvalue weighted by atomic mass is 9.98. The molecule has 44 heavy (non-hydrogen) atoms. The summed E-state index contributed by atoms with van der Waals surface area (Å²) in [6.45, 7) is 2.37. The first-order valence-corrected chi connectivity index (χ1v) is 14.5. The van der Waals surface area contributed by atoms with Crippen LogP contribution in [0.4, 0.5) is 0 Å². The Morgan fingerprint density at radius 1 is 0.886 bits per heavy atom. The Kier molecular flexibility index (Phi) is 10.3. The van der Waals surface area contributed by atoms with Gasteiger partial charge in [0.1, 0.15) is 17.1 Å². The number of nitrogens with two attached hydrogens (primary N) is 1. The molecule has 10 nitrogen and oxygen atoms in total. The van der Waals surface area contributed by atoms with Crippen LogP contribution in [0.1, 0.15) is 47.9 Å². The Balaban J connectivity index is 0.00000442. The smallest absolute Gasteiger partial charge is 0.356 e. The first-order valence-electron chi connectivity index (χ1n) is 13.4. The molecular weight excluding hydrogens is 608 g/mol. The highest BCUT2D eigenvalue weighted by molar-refractivity contribution is 8.00. The fourth-order valence-electron chi connectivity index (χ4n) is 4.90. The molecule has 1 amide bonds. The predicted octanol–water partition coefficient (Wildman–Crippen LogP) is 4.36. The van der Waals surface area contributed by atoms with E-state index >= 15 is 0 Å². The van der Waals surface area contributed by atoms with Crippen molar-refractivity contribution in [3.8, 4) is 11.5 Å². The van der Waals surface area contributed by atoms with E-state index in [0.29, 0.717) is 5.57 Å². The third kappa shape index (κ3) is 6.85. The van der Waals surface area contributed by atoms with Gasteiger partial charge >= 0.3 is 17.9 Å². The predicted molar refractivity (Wildman–Crippen MR) is 164 cm³/mol. The molecule has 2 heterocycles. The van der Waals surface area contributed by atoms with Gasteiger partial charge in [0.05, 0.1) is 0 Å². The van der Waals surface area contributed by atoms with Crippen molar-refractivity contribution in [3.05, 3.63) is 107 Å². The third-order valence-corrected chi connectivity index (χ3v) is 8.22. The van der Waals surface area contributed by atoms with E-state index in [9.17, 15) is 24.0 Å². The zero-order chi connectivity index (χ0) is 30.7. The van der Waals surface area contributed by atoms with E-state index in [2.05, 4.69) is 0 Å². The lowest BCUT2D eigenvalue weighted by Crippen LogP contribution is -2.68. The summed E-state index contributed by atoms with van der Waals surface area (Å²) in [5.74, 6) is -2.76. The topological polar surface area (TPSA) is 142 Å². The molecule has 2 N–H and O–H groups in total. The highest BCUT2D eigenvalue weighted by atomic mass is 35.5. The molecule has 0 aromatic heterocycles. The molecule has 5 rings (SSSR count). The number of hydrogen-bond donors (Lipinski definition) is 1. The van der Waals surface area contributed by atoms with E-state index in [4.69, 9.17) is 19.9 Å². The van der Waals surface area contributed by atoms with E-state index in [0.717, 1.165) is 11.1 Å². The van der Waals surface area contributed by atoms with Crippen LogP contribution in [-0.4, -0.2) is 51.7 Å². The number of carbonyl (C=O) groups is 5. The van der Waals surface area contributed by atoms with Gasteiger partial charge in [-0.05, 0) is 34.9 Å². The molecular formula is C32H29ClN2O8S. The van der Waals surface area contributed by atoms with Crippen molar-refractivity contribution in [2.45, 2.75) is 37.8 Å². The van der Waals surface area contributed by atoms with E-state index in [-0.39, 0.29) is 47.3 Å². The van der Waals surface area contributed by atoms with Gasteiger partial charge in [-0.15, -0.1) is 24.2 Å². The van der Waals surface area contributed by atoms with Gasteiger partial charge in [-0.25, -0.2) is 4.79 Å². The Bertz CT molecular complexity index is 1590. The number of β-lactam (4-membered cyclic amide) rings is 1. The number of rotatable bonds is 9. The number of thioether (sulfide) groups is 1. The maximum Gasteiger partial charge on any atom is 0.356 e. The summed E-state index contributed by atoms with van der Waals surface area (Å²) in [5, 5.41) is -0.459. The van der Waals surface area contributed by atoms with Crippen molar-refractivity contribution in [1.29, 1.82) is 0 Å². The SMILES string of the molecule is CC(=O)Oc1ccc(C(=O)CC2=C(C(=O)OC(c3ccccc3)c3ccccc3)N3C(=O)C(N)[C@H]3SC2)cc1OC(C)=O.Cl. The molecule has 3 aromatic carbocycles. The summed E-state index contributed by atoms with van der Waals surface area (Å²) >= 11 is 1.36. The number of amides is 1. The maximum absolute atomic E-state index is 13.9. The number of benzene rings is 3. The van der Waals surface area contributed by atoms with Crippen molar-refractivity contribution >= 4 is 53.8 Å². The van der Waals surface area contributed by atoms with Gasteiger partial charge in [0.2, 0.25) is 5.91 Å². The Morgan fingerprint density at radius 3 is 2.02 bits per heavy atom. The number of hydrogen-bond acceptors (Lipinski definition) is 10. The molecule has 228 valence electrons. The van der Waals surface area contributed by atoms with Crippen LogP contribution in [0.3, 0.4) is 0 Å². The molecule has 2 atom stereocenters. The number of nitrogens with zero attached hydrogens (tertiary/aromatic N) is 1. The Hall–Kier alpha value is -4.45. The number of esters is 3. The van der Waals surface area contributed by atoms with Crippen LogP contribution in [0.2, 0.25) is 0 Å². The van der Waals surface area contributed by atoms with Crippen LogP contribution >= 0.6 is 24.2 Å². The largest absolute Gasteiger partial charge is 0.448 e. The fraction of sp³-hybridized carbons (Fsp3) is 0.219. The van der Waals surface area contributed by atoms with Crippen molar-refractivity contribution in [2.24, 2.45) is 5.73 Å². The molecule has 0 bridgehead atoms. The van der Waals surface area contributed by atoms with E-state index < -0.39 is 47.1 Å². The second-order valence-corrected chi connectivity index (χ2v) is 11.0. The second-order valence-electron chi connectivity index (χ2n) is 9.94. The second kappa shape index (κ2) is 13.9. The van der Waals surface area contributed by atoms with Gasteiger partial charge in [-0.2, -0.15) is 0 Å². The number of carbonyl (C=O) groups excluding carboxylic acids is 5. The van der Waals surface area contributed by atoms with E-state index in [1.165, 1.54) is 48.7 Å². The number of ketones is 1. The van der Waals surface area contributed by atoms with Gasteiger partial charge in [0.15, 0.2) is 23.4 Å². The van der Waals surface area contributed by atoms with Crippen molar-refractivity contribution in [1.82, 2.24) is 4.90 Å². The maximum atomic E-state index is 13.9. The van der Waals surface area contributed by atoms with E-state index in [1.807, 2.05) is 60.7 Å². The standard InChI is InChI=1S/C32H28N2O8S.ClH/c1-18(35)40-25-14-13-22(16-26(25)41-19(2)36)24(37)15-23-17-43-31-27(33)30(38)34(31)28(23)32(39)42-29(20-9-5-3-6-10-20)21-11-7-4-8-12-21;/h3-14,16,27,29,31H,15,17,33H2,1-2H3;1H/t27?,31-;/m1./s1. The monoisotopic (exact) mass is 636 g/mol. The molecule has 1 saturated heterocycles. The van der Waals surface area contributed by atoms with Gasteiger partial charge in [0.25, 0.3) is 0 Å². The van der Waals surface area contributed by atoms with Gasteiger partial charge in [-0.1, -0.05) is 60.7 Å². The molecule has 0 radical (unpaired) electrons. The van der Waals surface area contributed by atoms with Crippen LogP contribution in [0.25, 0.3) is 0 Å². The summed E-state index contributed by atoms with van der Waals surface area (Å²) in [5.41, 5.74) is 8.05. The first-order chi connectivity index (χ1) is 20.6. The summed E-state index contributed by atoms with van der Waals surface area (Å²) in [7, 11) is 0. The zero-order valence-corrected chi connectivity index (χ0v) is 25.4. The minimum atomic E-state index is -0.774. The van der Waals surface area contributed by atoms with Crippen LogP contribution in [0.5, 0.6) is 11.5 Å². The normalized spacial score (nSPS) is 17.2. The van der Waals surface area contributed by atoms with Crippen molar-refractivity contribution in [2.75, 3.05) is 5.75 Å². The minimum Gasteiger partial charge on any atom is -0.448 e. The zero-order valence-electron chi connectivity index (χ0n) is 23.8. The molecule has 2 aliphatic heterocycles. The number of Topliss-reactive ketones (excluding diaryl/α,β-unsaturated/α-hetero) is 1. The van der Waals surface area contributed by atoms with Crippen LogP contribution in [0, 0.1) is 0 Å². The number of ether oxygens (including phenoxy) is 3. The number of fused-ring (bicyclic) bond motifs is 1. The van der Waals surface area contributed by atoms with Crippen molar-refractivity contribution < 1.29 is 38.2 Å². The highest BCUT2D eigenvalue weighted by Gasteiger charge is 2.52. The summed E-state index contributed by atoms with van der Waals surface area (Å²) < 4.78 is 16.3. The quantitative estimate of drug-likeness (QED) is 0.156. The Morgan fingerprint density at radius 2 is 1.45 bits per heavy atom. The van der Waals surface area contributed by atoms with Gasteiger partial charge in [-0.3, -0.25) is 24.1 Å². The number of halogens is 1. The molecule has 3 aromatic rings. The first kappa shape index (κ1) is 32.5. The molecule has 12 heteroatoms. The average molecular weight is 637 g/mol. The van der Waals surface area contributed by atoms with Gasteiger partial charge < -0.3 is 19.9 Å². The molecule has 0 aliphatic carbocycles. The van der Waals surface area contributed by atoms with E-state index in [1.54, 1.807) is 0 Å². The summed E-state index contributed by atoms with van der Waals surface area (Å²) in [6, 6.07) is 21.7. The average Bonchev–Trinajstić information content (AvgIpc) is 3.00. The van der Waals surface area contributed by atoms with Crippen LogP contribution in [-0.2, 0) is 23.9 Å². The van der Waals surface area contributed by atoms with Crippen molar-refractivity contribution in [3.63, 3.8) is 0 Å². The third-order valence-electron chi connectivity index (χ3n) is 6.86. The fourth-order valence-corrected chi connectivity index (χ4v) is 6.20. The van der Waals surface area contributed by atoms with Gasteiger partial charge in [0, 0.05) is 31.6 Å². The molecule has 2 aliphatic rings. The molecule has 1 fully saturated rings.